The first-order chi connectivity index (χ1) is 15.9. The van der Waals surface area contributed by atoms with Gasteiger partial charge in [-0.05, 0) is 48.9 Å². The number of para-hydroxylation sites is 1. The molecule has 5 nitrogen and oxygen atoms in total. The highest BCUT2D eigenvalue weighted by atomic mass is 16.5. The summed E-state index contributed by atoms with van der Waals surface area (Å²) in [5.74, 6) is 2.36. The molecule has 1 aliphatic rings. The van der Waals surface area contributed by atoms with Crippen LogP contribution in [0.3, 0.4) is 0 Å². The lowest BCUT2D eigenvalue weighted by Gasteiger charge is -2.44. The topological polar surface area (TPSA) is 48.0 Å². The number of rotatable bonds is 10. The number of benzene rings is 2. The molecule has 2 aromatic carbocycles. The van der Waals surface area contributed by atoms with E-state index in [1.807, 2.05) is 48.2 Å². The third-order valence-corrected chi connectivity index (χ3v) is 6.97. The number of carbonyl (C=O) groups is 1. The van der Waals surface area contributed by atoms with Crippen LogP contribution in [0.5, 0.6) is 11.5 Å². The Labute approximate surface area is 199 Å². The predicted octanol–water partition coefficient (Wildman–Crippen LogP) is 5.61. The maximum absolute atomic E-state index is 12.9. The minimum Gasteiger partial charge on any atom is -0.497 e. The van der Waals surface area contributed by atoms with Gasteiger partial charge < -0.3 is 19.1 Å². The van der Waals surface area contributed by atoms with Crippen molar-refractivity contribution >= 4 is 5.91 Å². The van der Waals surface area contributed by atoms with E-state index < -0.39 is 0 Å². The van der Waals surface area contributed by atoms with E-state index in [-0.39, 0.29) is 17.4 Å². The van der Waals surface area contributed by atoms with Crippen LogP contribution >= 0.6 is 0 Å². The summed E-state index contributed by atoms with van der Waals surface area (Å²) in [7, 11) is 3.40. The molecule has 1 amide bonds. The standard InChI is InChI=1S/C28H39NO4/c1-6-27(30)29(20-22-11-13-23(31-4)14-12-22)17-15-28(16-18-33-26(19-28)21(2)3)24-9-7-8-10-25(24)32-5/h7-14,21,26H,6,15-20H2,1-5H3/t26-,28-/m0/s1. The lowest BCUT2D eigenvalue weighted by atomic mass is 9.68. The van der Waals surface area contributed by atoms with Crippen LogP contribution in [-0.4, -0.2) is 44.3 Å². The molecule has 1 aliphatic heterocycles. The van der Waals surface area contributed by atoms with Gasteiger partial charge in [0.25, 0.3) is 0 Å². The van der Waals surface area contributed by atoms with Crippen molar-refractivity contribution in [1.82, 2.24) is 4.90 Å². The largest absolute Gasteiger partial charge is 0.497 e. The molecule has 3 rings (SSSR count). The molecule has 0 bridgehead atoms. The molecule has 33 heavy (non-hydrogen) atoms. The van der Waals surface area contributed by atoms with Gasteiger partial charge in [0, 0.05) is 37.1 Å². The minimum atomic E-state index is -0.0913. The van der Waals surface area contributed by atoms with E-state index in [1.165, 1.54) is 5.56 Å². The maximum atomic E-state index is 12.9. The summed E-state index contributed by atoms with van der Waals surface area (Å²) in [5, 5.41) is 0. The summed E-state index contributed by atoms with van der Waals surface area (Å²) in [4.78, 5) is 14.9. The normalized spacial score (nSPS) is 20.5. The molecule has 0 radical (unpaired) electrons. The molecular weight excluding hydrogens is 414 g/mol. The summed E-state index contributed by atoms with van der Waals surface area (Å²) in [5.41, 5.74) is 2.25. The van der Waals surface area contributed by atoms with E-state index in [2.05, 4.69) is 26.0 Å². The quantitative estimate of drug-likeness (QED) is 0.469. The average molecular weight is 454 g/mol. The van der Waals surface area contributed by atoms with Gasteiger partial charge in [0.2, 0.25) is 5.91 Å². The Morgan fingerprint density at radius 1 is 1.12 bits per heavy atom. The van der Waals surface area contributed by atoms with Gasteiger partial charge in [-0.1, -0.05) is 51.1 Å². The Morgan fingerprint density at radius 2 is 1.85 bits per heavy atom. The van der Waals surface area contributed by atoms with Gasteiger partial charge in [-0.15, -0.1) is 0 Å². The van der Waals surface area contributed by atoms with Crippen molar-refractivity contribution < 1.29 is 19.0 Å². The van der Waals surface area contributed by atoms with Crippen LogP contribution in [0, 0.1) is 5.92 Å². The number of methoxy groups -OCH3 is 2. The highest BCUT2D eigenvalue weighted by Crippen LogP contribution is 2.45. The zero-order valence-electron chi connectivity index (χ0n) is 20.8. The van der Waals surface area contributed by atoms with Gasteiger partial charge in [-0.2, -0.15) is 0 Å². The highest BCUT2D eigenvalue weighted by Gasteiger charge is 2.41. The van der Waals surface area contributed by atoms with Gasteiger partial charge in [0.05, 0.1) is 20.3 Å². The second-order valence-corrected chi connectivity index (χ2v) is 9.35. The number of carbonyl (C=O) groups excluding carboxylic acids is 1. The highest BCUT2D eigenvalue weighted by molar-refractivity contribution is 5.75. The molecule has 0 N–H and O–H groups in total. The molecule has 1 fully saturated rings. The summed E-state index contributed by atoms with van der Waals surface area (Å²) >= 11 is 0. The van der Waals surface area contributed by atoms with Crippen molar-refractivity contribution in [2.24, 2.45) is 5.92 Å². The van der Waals surface area contributed by atoms with Crippen molar-refractivity contribution in [1.29, 1.82) is 0 Å². The van der Waals surface area contributed by atoms with E-state index in [4.69, 9.17) is 14.2 Å². The fraction of sp³-hybridized carbons (Fsp3) is 0.536. The summed E-state index contributed by atoms with van der Waals surface area (Å²) in [6, 6.07) is 16.3. The minimum absolute atomic E-state index is 0.0913. The Morgan fingerprint density at radius 3 is 2.48 bits per heavy atom. The van der Waals surface area contributed by atoms with Crippen LogP contribution in [0.2, 0.25) is 0 Å². The fourth-order valence-electron chi connectivity index (χ4n) is 4.88. The zero-order valence-corrected chi connectivity index (χ0v) is 20.8. The molecule has 0 aliphatic carbocycles. The van der Waals surface area contributed by atoms with Crippen molar-refractivity contribution in [3.8, 4) is 11.5 Å². The first kappa shape index (κ1) is 25.1. The Bertz CT molecular complexity index is 895. The molecule has 180 valence electrons. The zero-order chi connectivity index (χ0) is 23.8. The summed E-state index contributed by atoms with van der Waals surface area (Å²) < 4.78 is 17.2. The molecule has 2 aromatic rings. The van der Waals surface area contributed by atoms with E-state index >= 15 is 0 Å². The predicted molar refractivity (Wildman–Crippen MR) is 132 cm³/mol. The van der Waals surface area contributed by atoms with Crippen LogP contribution in [0.1, 0.15) is 57.6 Å². The molecular formula is C28H39NO4. The van der Waals surface area contributed by atoms with Gasteiger partial charge in [-0.3, -0.25) is 4.79 Å². The molecule has 2 atom stereocenters. The summed E-state index contributed by atoms with van der Waals surface area (Å²) in [6.45, 7) is 8.40. The number of hydrogen-bond donors (Lipinski definition) is 0. The van der Waals surface area contributed by atoms with Crippen LogP contribution in [-0.2, 0) is 21.5 Å². The van der Waals surface area contributed by atoms with Gasteiger partial charge in [0.1, 0.15) is 11.5 Å². The van der Waals surface area contributed by atoms with Crippen molar-refractivity contribution in [2.45, 2.75) is 64.5 Å². The van der Waals surface area contributed by atoms with E-state index in [9.17, 15) is 4.79 Å². The van der Waals surface area contributed by atoms with Crippen LogP contribution < -0.4 is 9.47 Å². The third-order valence-electron chi connectivity index (χ3n) is 6.97. The smallest absolute Gasteiger partial charge is 0.222 e. The maximum Gasteiger partial charge on any atom is 0.222 e. The van der Waals surface area contributed by atoms with Crippen molar-refractivity contribution in [2.75, 3.05) is 27.4 Å². The molecule has 0 saturated carbocycles. The first-order valence-corrected chi connectivity index (χ1v) is 12.1. The molecule has 0 spiro atoms. The molecule has 0 aromatic heterocycles. The second kappa shape index (κ2) is 11.6. The van der Waals surface area contributed by atoms with Gasteiger partial charge in [-0.25, -0.2) is 0 Å². The van der Waals surface area contributed by atoms with E-state index in [0.29, 0.717) is 25.4 Å². The summed E-state index contributed by atoms with van der Waals surface area (Å²) in [6.07, 6.45) is 3.42. The number of nitrogens with zero attached hydrogens (tertiary/aromatic N) is 1. The number of hydrogen-bond acceptors (Lipinski definition) is 4. The fourth-order valence-corrected chi connectivity index (χ4v) is 4.88. The molecule has 0 unspecified atom stereocenters. The average Bonchev–Trinajstić information content (AvgIpc) is 2.86. The SMILES string of the molecule is CCC(=O)N(CC[C@]1(c2ccccc2OC)CCO[C@H](C(C)C)C1)Cc1ccc(OC)cc1. The molecule has 1 saturated heterocycles. The number of amides is 1. The molecule has 5 heteroatoms. The monoisotopic (exact) mass is 453 g/mol. The second-order valence-electron chi connectivity index (χ2n) is 9.35. The Hall–Kier alpha value is -2.53. The van der Waals surface area contributed by atoms with Crippen LogP contribution in [0.15, 0.2) is 48.5 Å². The Kier molecular flexibility index (Phi) is 8.79. The van der Waals surface area contributed by atoms with Crippen LogP contribution in [0.25, 0.3) is 0 Å². The number of ether oxygens (including phenoxy) is 3. The lowest BCUT2D eigenvalue weighted by Crippen LogP contribution is -2.44. The lowest BCUT2D eigenvalue weighted by molar-refractivity contribution is -0.132. The van der Waals surface area contributed by atoms with Gasteiger partial charge >= 0.3 is 0 Å². The third kappa shape index (κ3) is 6.08. The molecule has 1 heterocycles. The van der Waals surface area contributed by atoms with Gasteiger partial charge in [0.15, 0.2) is 0 Å². The Balaban J connectivity index is 1.87. The van der Waals surface area contributed by atoms with Crippen molar-refractivity contribution in [3.63, 3.8) is 0 Å². The van der Waals surface area contributed by atoms with E-state index in [1.54, 1.807) is 14.2 Å². The first-order valence-electron chi connectivity index (χ1n) is 12.1. The van der Waals surface area contributed by atoms with Crippen LogP contribution in [0.4, 0.5) is 0 Å². The van der Waals surface area contributed by atoms with Crippen molar-refractivity contribution in [3.05, 3.63) is 59.7 Å². The van der Waals surface area contributed by atoms with E-state index in [0.717, 1.165) is 42.9 Å².